The lowest BCUT2D eigenvalue weighted by Crippen LogP contribution is -2.49. The third-order valence-electron chi connectivity index (χ3n) is 1.61. The summed E-state index contributed by atoms with van der Waals surface area (Å²) in [4.78, 5) is 11.2. The fraction of sp³-hybridized carbons (Fsp3) is 0.889. The predicted octanol–water partition coefficient (Wildman–Crippen LogP) is 0.775. The van der Waals surface area contributed by atoms with E-state index in [1.807, 2.05) is 6.92 Å². The minimum atomic E-state index is -1.82. The number of rotatable bonds is 5. The van der Waals surface area contributed by atoms with Crippen LogP contribution in [-0.2, 0) is 9.53 Å². The van der Waals surface area contributed by atoms with Crippen LogP contribution in [0.25, 0.3) is 0 Å². The van der Waals surface area contributed by atoms with Gasteiger partial charge in [0.2, 0.25) is 5.72 Å². The Labute approximate surface area is 79.1 Å². The van der Waals surface area contributed by atoms with Crippen molar-refractivity contribution in [2.24, 2.45) is 5.73 Å². The Kier molecular flexibility index (Phi) is 4.95. The molecule has 1 unspecified atom stereocenters. The molecule has 0 aromatic heterocycles. The Morgan fingerprint density at radius 3 is 2.54 bits per heavy atom. The maximum absolute atomic E-state index is 11.2. The van der Waals surface area contributed by atoms with Crippen molar-refractivity contribution in [3.05, 3.63) is 0 Å². The highest BCUT2D eigenvalue weighted by Gasteiger charge is 2.32. The third-order valence-corrected chi connectivity index (χ3v) is 1.61. The molecule has 0 fully saturated rings. The smallest absolute Gasteiger partial charge is 0.353 e. The van der Waals surface area contributed by atoms with Gasteiger partial charge in [-0.3, -0.25) is 5.73 Å². The van der Waals surface area contributed by atoms with Crippen molar-refractivity contribution in [1.82, 2.24) is 0 Å². The molecule has 78 valence electrons. The Morgan fingerprint density at radius 1 is 1.62 bits per heavy atom. The third kappa shape index (κ3) is 4.85. The molecule has 0 amide bonds. The van der Waals surface area contributed by atoms with Gasteiger partial charge in [-0.2, -0.15) is 0 Å². The fourth-order valence-corrected chi connectivity index (χ4v) is 0.864. The zero-order valence-electron chi connectivity index (χ0n) is 8.54. The molecule has 0 saturated heterocycles. The van der Waals surface area contributed by atoms with Gasteiger partial charge >= 0.3 is 5.97 Å². The molecule has 0 bridgehead atoms. The van der Waals surface area contributed by atoms with Gasteiger partial charge < -0.3 is 9.84 Å². The average molecular weight is 189 g/mol. The van der Waals surface area contributed by atoms with Gasteiger partial charge in [-0.15, -0.1) is 0 Å². The van der Waals surface area contributed by atoms with Crippen molar-refractivity contribution in [2.45, 2.75) is 51.9 Å². The van der Waals surface area contributed by atoms with Gasteiger partial charge in [-0.1, -0.05) is 13.3 Å². The zero-order valence-corrected chi connectivity index (χ0v) is 8.54. The van der Waals surface area contributed by atoms with Crippen LogP contribution in [0.5, 0.6) is 0 Å². The van der Waals surface area contributed by atoms with Gasteiger partial charge in [0.05, 0.1) is 6.10 Å². The van der Waals surface area contributed by atoms with E-state index in [0.29, 0.717) is 6.42 Å². The second kappa shape index (κ2) is 5.19. The average Bonchev–Trinajstić information content (AvgIpc) is 1.99. The van der Waals surface area contributed by atoms with Gasteiger partial charge in [0.1, 0.15) is 0 Å². The molecule has 0 spiro atoms. The number of hydrogen-bond donors (Lipinski definition) is 2. The molecule has 0 aromatic carbocycles. The molecular weight excluding hydrogens is 170 g/mol. The lowest BCUT2D eigenvalue weighted by Gasteiger charge is -2.22. The molecular formula is C9H19NO3. The van der Waals surface area contributed by atoms with Crippen LogP contribution in [0.3, 0.4) is 0 Å². The Morgan fingerprint density at radius 2 is 2.15 bits per heavy atom. The second-order valence-corrected chi connectivity index (χ2v) is 3.48. The van der Waals surface area contributed by atoms with Crippen LogP contribution < -0.4 is 5.73 Å². The molecule has 0 heterocycles. The molecule has 0 aliphatic carbocycles. The van der Waals surface area contributed by atoms with Crippen LogP contribution >= 0.6 is 0 Å². The standard InChI is InChI=1S/C9H19NO3/c1-4-5-6-9(10,12)8(11)13-7(2)3/h7,12H,4-6,10H2,1-3H3. The normalized spacial score (nSPS) is 15.5. The van der Waals surface area contributed by atoms with E-state index >= 15 is 0 Å². The lowest BCUT2D eigenvalue weighted by molar-refractivity contribution is -0.169. The molecule has 4 heteroatoms. The van der Waals surface area contributed by atoms with E-state index in [1.54, 1.807) is 13.8 Å². The fourth-order valence-electron chi connectivity index (χ4n) is 0.864. The summed E-state index contributed by atoms with van der Waals surface area (Å²) in [5.74, 6) is -0.740. The summed E-state index contributed by atoms with van der Waals surface area (Å²) in [6.45, 7) is 5.39. The molecule has 13 heavy (non-hydrogen) atoms. The Hall–Kier alpha value is -0.610. The first-order valence-corrected chi connectivity index (χ1v) is 4.62. The first kappa shape index (κ1) is 12.4. The maximum atomic E-state index is 11.2. The molecule has 0 radical (unpaired) electrons. The predicted molar refractivity (Wildman–Crippen MR) is 49.9 cm³/mol. The Balaban J connectivity index is 4.03. The van der Waals surface area contributed by atoms with Crippen molar-refractivity contribution < 1.29 is 14.6 Å². The van der Waals surface area contributed by atoms with E-state index < -0.39 is 11.7 Å². The number of nitrogens with two attached hydrogens (primary N) is 1. The summed E-state index contributed by atoms with van der Waals surface area (Å²) in [5, 5.41) is 9.47. The summed E-state index contributed by atoms with van der Waals surface area (Å²) in [7, 11) is 0. The topological polar surface area (TPSA) is 72.5 Å². The number of carbonyl (C=O) groups excluding carboxylic acids is 1. The highest BCUT2D eigenvalue weighted by molar-refractivity contribution is 5.78. The zero-order chi connectivity index (χ0) is 10.5. The summed E-state index contributed by atoms with van der Waals surface area (Å²) in [6.07, 6.45) is 1.59. The van der Waals surface area contributed by atoms with Crippen LogP contribution in [0.4, 0.5) is 0 Å². The van der Waals surface area contributed by atoms with Crippen LogP contribution in [0.1, 0.15) is 40.0 Å². The van der Waals surface area contributed by atoms with Crippen molar-refractivity contribution in [3.8, 4) is 0 Å². The number of unbranched alkanes of at least 4 members (excludes halogenated alkanes) is 1. The highest BCUT2D eigenvalue weighted by atomic mass is 16.6. The van der Waals surface area contributed by atoms with E-state index in [4.69, 9.17) is 10.5 Å². The number of hydrogen-bond acceptors (Lipinski definition) is 4. The van der Waals surface area contributed by atoms with E-state index in [-0.39, 0.29) is 12.5 Å². The van der Waals surface area contributed by atoms with Crippen molar-refractivity contribution in [3.63, 3.8) is 0 Å². The van der Waals surface area contributed by atoms with Gasteiger partial charge in [-0.25, -0.2) is 4.79 Å². The summed E-state index contributed by atoms with van der Waals surface area (Å²) >= 11 is 0. The van der Waals surface area contributed by atoms with Crippen molar-refractivity contribution >= 4 is 5.97 Å². The molecule has 0 aliphatic rings. The van der Waals surface area contributed by atoms with Gasteiger partial charge in [-0.05, 0) is 20.3 Å². The van der Waals surface area contributed by atoms with Crippen LogP contribution in [-0.4, -0.2) is 22.9 Å². The SMILES string of the molecule is CCCCC(N)(O)C(=O)OC(C)C. The lowest BCUT2D eigenvalue weighted by atomic mass is 10.1. The van der Waals surface area contributed by atoms with Gasteiger partial charge in [0, 0.05) is 6.42 Å². The summed E-state index contributed by atoms with van der Waals surface area (Å²) in [5.41, 5.74) is 3.56. The number of aliphatic hydroxyl groups is 1. The molecule has 1 atom stereocenters. The van der Waals surface area contributed by atoms with E-state index in [1.165, 1.54) is 0 Å². The van der Waals surface area contributed by atoms with Gasteiger partial charge in [0.15, 0.2) is 0 Å². The second-order valence-electron chi connectivity index (χ2n) is 3.48. The minimum absolute atomic E-state index is 0.245. The molecule has 3 N–H and O–H groups in total. The highest BCUT2D eigenvalue weighted by Crippen LogP contribution is 2.10. The molecule has 0 rings (SSSR count). The Bertz CT molecular complexity index is 166. The van der Waals surface area contributed by atoms with Crippen LogP contribution in [0.15, 0.2) is 0 Å². The molecule has 0 aliphatic heterocycles. The minimum Gasteiger partial charge on any atom is -0.460 e. The molecule has 0 aromatic rings. The number of esters is 1. The monoisotopic (exact) mass is 189 g/mol. The van der Waals surface area contributed by atoms with Crippen LogP contribution in [0.2, 0.25) is 0 Å². The summed E-state index contributed by atoms with van der Waals surface area (Å²) in [6, 6.07) is 0. The molecule has 0 saturated carbocycles. The largest absolute Gasteiger partial charge is 0.460 e. The summed E-state index contributed by atoms with van der Waals surface area (Å²) < 4.78 is 4.80. The maximum Gasteiger partial charge on any atom is 0.353 e. The number of ether oxygens (including phenoxy) is 1. The quantitative estimate of drug-likeness (QED) is 0.495. The van der Waals surface area contributed by atoms with Crippen molar-refractivity contribution in [1.29, 1.82) is 0 Å². The molecule has 4 nitrogen and oxygen atoms in total. The van der Waals surface area contributed by atoms with E-state index in [0.717, 1.165) is 6.42 Å². The first-order valence-electron chi connectivity index (χ1n) is 4.62. The van der Waals surface area contributed by atoms with E-state index in [9.17, 15) is 9.90 Å². The van der Waals surface area contributed by atoms with Crippen molar-refractivity contribution in [2.75, 3.05) is 0 Å². The number of carbonyl (C=O) groups is 1. The van der Waals surface area contributed by atoms with E-state index in [2.05, 4.69) is 0 Å². The van der Waals surface area contributed by atoms with Crippen LogP contribution in [0, 0.1) is 0 Å². The van der Waals surface area contributed by atoms with Gasteiger partial charge in [0.25, 0.3) is 0 Å². The first-order chi connectivity index (χ1) is 5.90.